The molecule has 7 heteroatoms. The van der Waals surface area contributed by atoms with Crippen molar-refractivity contribution in [2.45, 2.75) is 19.1 Å². The molecule has 1 atom stereocenters. The normalized spacial score (nSPS) is 31.7. The summed E-state index contributed by atoms with van der Waals surface area (Å²) in [5, 5.41) is 18.3. The number of piperidine rings is 1. The minimum atomic E-state index is -1.37. The lowest BCUT2D eigenvalue weighted by Crippen LogP contribution is -2.63. The van der Waals surface area contributed by atoms with Crippen LogP contribution in [0.4, 0.5) is 4.79 Å². The molecule has 2 heterocycles. The van der Waals surface area contributed by atoms with Crippen LogP contribution in [0.15, 0.2) is 0 Å². The summed E-state index contributed by atoms with van der Waals surface area (Å²) < 4.78 is 10.9. The number of amides is 1. The van der Waals surface area contributed by atoms with Gasteiger partial charge in [0.2, 0.25) is 0 Å². The van der Waals surface area contributed by atoms with E-state index in [0.717, 1.165) is 4.90 Å². The number of carboxylic acids is 1. The van der Waals surface area contributed by atoms with Crippen LogP contribution in [0.25, 0.3) is 0 Å². The van der Waals surface area contributed by atoms with Crippen LogP contribution in [-0.4, -0.2) is 59.3 Å². The van der Waals surface area contributed by atoms with E-state index >= 15 is 0 Å². The number of likely N-dealkylation sites (tertiary alicyclic amines) is 1. The molecule has 0 saturated carbocycles. The van der Waals surface area contributed by atoms with Gasteiger partial charge in [0.05, 0.1) is 13.2 Å². The minimum absolute atomic E-state index is 0.127. The fourth-order valence-corrected chi connectivity index (χ4v) is 2.45. The van der Waals surface area contributed by atoms with E-state index < -0.39 is 23.3 Å². The monoisotopic (exact) mass is 245 g/mol. The van der Waals surface area contributed by atoms with Crippen molar-refractivity contribution < 1.29 is 29.3 Å². The molecule has 7 nitrogen and oxygen atoms in total. The van der Waals surface area contributed by atoms with Gasteiger partial charge in [0.1, 0.15) is 5.41 Å². The molecular formula is C10H15NO6. The van der Waals surface area contributed by atoms with Crippen molar-refractivity contribution in [1.82, 2.24) is 4.90 Å². The van der Waals surface area contributed by atoms with Crippen LogP contribution >= 0.6 is 0 Å². The molecule has 0 bridgehead atoms. The molecule has 2 aliphatic heterocycles. The molecule has 2 saturated heterocycles. The molecule has 2 fully saturated rings. The summed E-state index contributed by atoms with van der Waals surface area (Å²) in [5.41, 5.74) is -1.37. The summed E-state index contributed by atoms with van der Waals surface area (Å²) in [4.78, 5) is 23.4. The molecule has 2 aliphatic rings. The van der Waals surface area contributed by atoms with Crippen LogP contribution in [0, 0.1) is 5.41 Å². The van der Waals surface area contributed by atoms with Gasteiger partial charge in [0.25, 0.3) is 0 Å². The second-order valence-electron chi connectivity index (χ2n) is 4.54. The Morgan fingerprint density at radius 2 is 1.82 bits per heavy atom. The summed E-state index contributed by atoms with van der Waals surface area (Å²) in [6, 6.07) is 0. The number of aliphatic carboxylic acids is 1. The van der Waals surface area contributed by atoms with Crippen LogP contribution in [0.3, 0.4) is 0 Å². The number of carbonyl (C=O) groups is 2. The first kappa shape index (κ1) is 12.1. The lowest BCUT2D eigenvalue weighted by Gasteiger charge is -2.47. The Morgan fingerprint density at radius 3 is 2.29 bits per heavy atom. The Hall–Kier alpha value is -1.34. The van der Waals surface area contributed by atoms with Gasteiger partial charge in [-0.25, -0.2) is 4.79 Å². The van der Waals surface area contributed by atoms with Gasteiger partial charge >= 0.3 is 12.1 Å². The standard InChI is InChI=1S/C10H15NO6/c1-9(7(12)13)6-11(8(14)15)3-2-10(9)16-4-5-17-10/h2-6H2,1H3,(H,12,13)(H,14,15). The predicted molar refractivity (Wildman–Crippen MR) is 54.6 cm³/mol. The van der Waals surface area contributed by atoms with Crippen molar-refractivity contribution >= 4 is 12.1 Å². The molecule has 2 rings (SSSR count). The Bertz CT molecular complexity index is 351. The lowest BCUT2D eigenvalue weighted by molar-refractivity contribution is -0.256. The number of rotatable bonds is 1. The Balaban J connectivity index is 2.31. The average molecular weight is 245 g/mol. The minimum Gasteiger partial charge on any atom is -0.481 e. The number of ether oxygens (including phenoxy) is 2. The molecule has 0 aromatic heterocycles. The zero-order chi connectivity index (χ0) is 12.7. The first-order chi connectivity index (χ1) is 7.91. The van der Waals surface area contributed by atoms with Crippen LogP contribution in [-0.2, 0) is 14.3 Å². The largest absolute Gasteiger partial charge is 0.481 e. The van der Waals surface area contributed by atoms with Crippen LogP contribution in [0.1, 0.15) is 13.3 Å². The molecule has 0 radical (unpaired) electrons. The van der Waals surface area contributed by atoms with Crippen LogP contribution in [0.2, 0.25) is 0 Å². The van der Waals surface area contributed by atoms with E-state index in [1.807, 2.05) is 0 Å². The molecule has 2 N–H and O–H groups in total. The maximum absolute atomic E-state index is 11.4. The van der Waals surface area contributed by atoms with Crippen molar-refractivity contribution in [3.8, 4) is 0 Å². The zero-order valence-corrected chi connectivity index (χ0v) is 9.51. The number of hydrogen-bond donors (Lipinski definition) is 2. The second-order valence-corrected chi connectivity index (χ2v) is 4.54. The van der Waals surface area contributed by atoms with Crippen molar-refractivity contribution in [3.05, 3.63) is 0 Å². The Kier molecular flexibility index (Phi) is 2.75. The second kappa shape index (κ2) is 3.85. The fraction of sp³-hybridized carbons (Fsp3) is 0.800. The highest BCUT2D eigenvalue weighted by Crippen LogP contribution is 2.45. The smallest absolute Gasteiger partial charge is 0.407 e. The molecule has 1 amide bonds. The van der Waals surface area contributed by atoms with Crippen LogP contribution < -0.4 is 0 Å². The summed E-state index contributed by atoms with van der Waals surface area (Å²) in [6.07, 6.45) is -0.882. The van der Waals surface area contributed by atoms with Crippen molar-refractivity contribution in [1.29, 1.82) is 0 Å². The van der Waals surface area contributed by atoms with E-state index in [2.05, 4.69) is 0 Å². The summed E-state index contributed by atoms with van der Waals surface area (Å²) in [7, 11) is 0. The van der Waals surface area contributed by atoms with Gasteiger partial charge < -0.3 is 24.6 Å². The molecule has 96 valence electrons. The van der Waals surface area contributed by atoms with Gasteiger partial charge in [-0.05, 0) is 6.92 Å². The zero-order valence-electron chi connectivity index (χ0n) is 9.51. The SMILES string of the molecule is CC1(C(=O)O)CN(C(=O)O)CCC12OCCO2. The number of carboxylic acid groups (broad SMARTS) is 2. The quantitative estimate of drug-likeness (QED) is 0.685. The van der Waals surface area contributed by atoms with Crippen LogP contribution in [0.5, 0.6) is 0 Å². The van der Waals surface area contributed by atoms with E-state index in [4.69, 9.17) is 14.6 Å². The number of nitrogens with zero attached hydrogens (tertiary/aromatic N) is 1. The highest BCUT2D eigenvalue weighted by atomic mass is 16.7. The fourth-order valence-electron chi connectivity index (χ4n) is 2.45. The Labute approximate surface area is 97.9 Å². The van der Waals surface area contributed by atoms with E-state index in [1.165, 1.54) is 6.92 Å². The van der Waals surface area contributed by atoms with E-state index in [1.54, 1.807) is 0 Å². The van der Waals surface area contributed by atoms with Gasteiger partial charge in [-0.1, -0.05) is 0 Å². The van der Waals surface area contributed by atoms with Gasteiger partial charge in [0.15, 0.2) is 5.79 Å². The highest BCUT2D eigenvalue weighted by molar-refractivity contribution is 5.77. The van der Waals surface area contributed by atoms with Gasteiger partial charge in [-0.2, -0.15) is 0 Å². The summed E-state index contributed by atoms with van der Waals surface area (Å²) in [6.45, 7) is 2.25. The first-order valence-electron chi connectivity index (χ1n) is 5.40. The molecule has 1 spiro atoms. The van der Waals surface area contributed by atoms with Crippen molar-refractivity contribution in [3.63, 3.8) is 0 Å². The molecular weight excluding hydrogens is 230 g/mol. The Morgan fingerprint density at radius 1 is 1.24 bits per heavy atom. The first-order valence-corrected chi connectivity index (χ1v) is 5.40. The molecule has 17 heavy (non-hydrogen) atoms. The third-order valence-electron chi connectivity index (χ3n) is 3.55. The maximum atomic E-state index is 11.4. The lowest BCUT2D eigenvalue weighted by atomic mass is 9.76. The molecule has 1 unspecified atom stereocenters. The highest BCUT2D eigenvalue weighted by Gasteiger charge is 2.61. The van der Waals surface area contributed by atoms with Gasteiger partial charge in [-0.15, -0.1) is 0 Å². The molecule has 0 aromatic rings. The summed E-state index contributed by atoms with van der Waals surface area (Å²) in [5.74, 6) is -2.30. The average Bonchev–Trinajstić information content (AvgIpc) is 2.72. The third kappa shape index (κ3) is 1.66. The van der Waals surface area contributed by atoms with E-state index in [9.17, 15) is 14.7 Å². The molecule has 0 aliphatic carbocycles. The maximum Gasteiger partial charge on any atom is 0.407 e. The predicted octanol–water partition coefficient (Wildman–Crippen LogP) is 0.204. The number of hydrogen-bond acceptors (Lipinski definition) is 4. The topological polar surface area (TPSA) is 96.3 Å². The van der Waals surface area contributed by atoms with Crippen molar-refractivity contribution in [2.24, 2.45) is 5.41 Å². The van der Waals surface area contributed by atoms with Gasteiger partial charge in [0, 0.05) is 19.5 Å². The third-order valence-corrected chi connectivity index (χ3v) is 3.55. The van der Waals surface area contributed by atoms with E-state index in [-0.39, 0.29) is 19.5 Å². The van der Waals surface area contributed by atoms with E-state index in [0.29, 0.717) is 13.2 Å². The van der Waals surface area contributed by atoms with Gasteiger partial charge in [-0.3, -0.25) is 4.79 Å². The summed E-state index contributed by atoms with van der Waals surface area (Å²) >= 11 is 0. The molecule has 0 aromatic carbocycles. The van der Waals surface area contributed by atoms with Crippen molar-refractivity contribution in [2.75, 3.05) is 26.3 Å².